The van der Waals surface area contributed by atoms with Gasteiger partial charge in [0, 0.05) is 17.5 Å². The molecule has 3 aromatic rings. The fraction of sp³-hybridized carbons (Fsp3) is 0.190. The van der Waals surface area contributed by atoms with Gasteiger partial charge in [0.05, 0.1) is 17.7 Å². The van der Waals surface area contributed by atoms with Gasteiger partial charge in [0.1, 0.15) is 0 Å². The van der Waals surface area contributed by atoms with Crippen LogP contribution in [0.1, 0.15) is 17.9 Å². The number of hydrogen-bond acceptors (Lipinski definition) is 3. The molecule has 1 aliphatic rings. The number of nitrogens with one attached hydrogen (secondary N) is 2. The second-order valence-electron chi connectivity index (χ2n) is 6.51. The molecule has 26 heavy (non-hydrogen) atoms. The Kier molecular flexibility index (Phi) is 4.35. The number of aromatic nitrogens is 1. The number of para-hydroxylation sites is 1. The van der Waals surface area contributed by atoms with Crippen LogP contribution in [-0.4, -0.2) is 23.3 Å². The summed E-state index contributed by atoms with van der Waals surface area (Å²) in [5.74, 6) is -0.0931. The maximum Gasteiger partial charge on any atom is 0.243 e. The molecule has 0 unspecified atom stereocenters. The number of amides is 2. The van der Waals surface area contributed by atoms with Gasteiger partial charge in [-0.05, 0) is 30.0 Å². The van der Waals surface area contributed by atoms with Crippen LogP contribution in [-0.2, 0) is 9.59 Å². The minimum absolute atomic E-state index is 0.0376. The van der Waals surface area contributed by atoms with Gasteiger partial charge in [-0.15, -0.1) is 0 Å². The first-order valence-corrected chi connectivity index (χ1v) is 8.68. The molecule has 5 nitrogen and oxygen atoms in total. The molecule has 1 saturated carbocycles. The second-order valence-corrected chi connectivity index (χ2v) is 6.51. The molecular weight excluding hydrogens is 326 g/mol. The molecule has 1 fully saturated rings. The topological polar surface area (TPSA) is 71.1 Å². The van der Waals surface area contributed by atoms with Crippen molar-refractivity contribution in [1.29, 1.82) is 0 Å². The van der Waals surface area contributed by atoms with Crippen LogP contribution < -0.4 is 10.6 Å². The highest BCUT2D eigenvalue weighted by molar-refractivity contribution is 6.02. The first-order valence-electron chi connectivity index (χ1n) is 8.68. The predicted octanol–water partition coefficient (Wildman–Crippen LogP) is 3.09. The van der Waals surface area contributed by atoms with E-state index in [9.17, 15) is 9.59 Å². The number of carbonyl (C=O) groups excluding carboxylic acids is 2. The monoisotopic (exact) mass is 345 g/mol. The lowest BCUT2D eigenvalue weighted by Crippen LogP contribution is -2.34. The number of nitrogens with zero attached hydrogens (tertiary/aromatic N) is 1. The molecule has 0 radical (unpaired) electrons. The maximum absolute atomic E-state index is 12.3. The fourth-order valence-electron chi connectivity index (χ4n) is 3.25. The van der Waals surface area contributed by atoms with Gasteiger partial charge in [-0.1, -0.05) is 48.5 Å². The Balaban J connectivity index is 1.32. The van der Waals surface area contributed by atoms with Crippen LogP contribution in [0.2, 0.25) is 0 Å². The van der Waals surface area contributed by atoms with Crippen molar-refractivity contribution in [3.05, 3.63) is 72.4 Å². The summed E-state index contributed by atoms with van der Waals surface area (Å²) < 4.78 is 0. The molecule has 1 aromatic heterocycles. The zero-order valence-electron chi connectivity index (χ0n) is 14.2. The molecule has 130 valence electrons. The third-order valence-corrected chi connectivity index (χ3v) is 4.68. The molecule has 0 aliphatic heterocycles. The lowest BCUT2D eigenvalue weighted by Gasteiger charge is -2.09. The molecular formula is C21H19N3O2. The zero-order valence-corrected chi connectivity index (χ0v) is 14.2. The molecule has 2 amide bonds. The average molecular weight is 345 g/mol. The zero-order chi connectivity index (χ0) is 17.9. The number of benzene rings is 2. The van der Waals surface area contributed by atoms with E-state index in [1.54, 1.807) is 12.3 Å². The van der Waals surface area contributed by atoms with Crippen LogP contribution in [0.15, 0.2) is 66.9 Å². The third-order valence-electron chi connectivity index (χ3n) is 4.68. The average Bonchev–Trinajstić information content (AvgIpc) is 3.48. The van der Waals surface area contributed by atoms with Crippen molar-refractivity contribution in [3.8, 4) is 0 Å². The van der Waals surface area contributed by atoms with E-state index in [0.717, 1.165) is 17.3 Å². The van der Waals surface area contributed by atoms with Gasteiger partial charge in [-0.3, -0.25) is 14.6 Å². The largest absolute Gasteiger partial charge is 0.347 e. The molecule has 5 heteroatoms. The van der Waals surface area contributed by atoms with E-state index in [0.29, 0.717) is 5.69 Å². The highest BCUT2D eigenvalue weighted by atomic mass is 16.2. The van der Waals surface area contributed by atoms with Crippen LogP contribution >= 0.6 is 0 Å². The van der Waals surface area contributed by atoms with E-state index in [1.807, 2.05) is 54.6 Å². The lowest BCUT2D eigenvalue weighted by molar-refractivity contribution is -0.125. The van der Waals surface area contributed by atoms with Gasteiger partial charge in [-0.25, -0.2) is 0 Å². The Labute approximate surface area is 151 Å². The summed E-state index contributed by atoms with van der Waals surface area (Å²) >= 11 is 0. The Hall–Kier alpha value is -3.21. The van der Waals surface area contributed by atoms with Crippen LogP contribution in [0.4, 0.5) is 5.69 Å². The van der Waals surface area contributed by atoms with E-state index >= 15 is 0 Å². The van der Waals surface area contributed by atoms with Gasteiger partial charge >= 0.3 is 0 Å². The smallest absolute Gasteiger partial charge is 0.243 e. The summed E-state index contributed by atoms with van der Waals surface area (Å²) in [6.45, 7) is -0.0416. The summed E-state index contributed by atoms with van der Waals surface area (Å²) in [6, 6.07) is 19.4. The number of hydrogen-bond donors (Lipinski definition) is 2. The minimum atomic E-state index is -0.256. The van der Waals surface area contributed by atoms with Crippen molar-refractivity contribution >= 4 is 28.4 Å². The Bertz CT molecular complexity index is 950. The number of carbonyl (C=O) groups is 2. The van der Waals surface area contributed by atoms with Crippen molar-refractivity contribution in [2.75, 3.05) is 11.9 Å². The predicted molar refractivity (Wildman–Crippen MR) is 101 cm³/mol. The van der Waals surface area contributed by atoms with Crippen molar-refractivity contribution in [2.24, 2.45) is 5.92 Å². The first kappa shape index (κ1) is 16.3. The molecule has 2 atom stereocenters. The molecule has 2 aromatic carbocycles. The standard InChI is InChI=1S/C21H19N3O2/c25-19(24-18-10-4-8-15-9-5-11-22-20(15)18)13-23-21(26)17-12-16(17)14-6-2-1-3-7-14/h1-11,16-17H,12-13H2,(H,23,26)(H,24,25)/t16-,17-/m0/s1. The fourth-order valence-corrected chi connectivity index (χ4v) is 3.25. The lowest BCUT2D eigenvalue weighted by atomic mass is 10.1. The van der Waals surface area contributed by atoms with Gasteiger partial charge in [0.25, 0.3) is 0 Å². The summed E-state index contributed by atoms with van der Waals surface area (Å²) in [6.07, 6.45) is 2.53. The van der Waals surface area contributed by atoms with Crippen LogP contribution in [0.25, 0.3) is 10.9 Å². The first-order chi connectivity index (χ1) is 12.7. The van der Waals surface area contributed by atoms with Gasteiger partial charge in [0.15, 0.2) is 0 Å². The van der Waals surface area contributed by atoms with Crippen LogP contribution in [0, 0.1) is 5.92 Å². The van der Waals surface area contributed by atoms with Crippen molar-refractivity contribution in [1.82, 2.24) is 10.3 Å². The van der Waals surface area contributed by atoms with Crippen LogP contribution in [0.3, 0.4) is 0 Å². The summed E-state index contributed by atoms with van der Waals surface area (Å²) in [5.41, 5.74) is 2.57. The Morgan fingerprint density at radius 3 is 2.65 bits per heavy atom. The second kappa shape index (κ2) is 6.96. The summed E-state index contributed by atoms with van der Waals surface area (Å²) in [7, 11) is 0. The Morgan fingerprint density at radius 1 is 1.00 bits per heavy atom. The van der Waals surface area contributed by atoms with Crippen LogP contribution in [0.5, 0.6) is 0 Å². The highest BCUT2D eigenvalue weighted by Gasteiger charge is 2.43. The molecule has 0 bridgehead atoms. The number of fused-ring (bicyclic) bond motifs is 1. The Morgan fingerprint density at radius 2 is 1.81 bits per heavy atom. The molecule has 4 rings (SSSR count). The van der Waals surface area contributed by atoms with Crippen molar-refractivity contribution in [3.63, 3.8) is 0 Å². The van der Waals surface area contributed by atoms with Gasteiger partial charge in [-0.2, -0.15) is 0 Å². The van der Waals surface area contributed by atoms with E-state index < -0.39 is 0 Å². The molecule has 0 spiro atoms. The summed E-state index contributed by atoms with van der Waals surface area (Å²) in [4.78, 5) is 28.8. The number of rotatable bonds is 5. The minimum Gasteiger partial charge on any atom is -0.347 e. The van der Waals surface area contributed by atoms with Crippen molar-refractivity contribution < 1.29 is 9.59 Å². The molecule has 2 N–H and O–H groups in total. The molecule has 0 saturated heterocycles. The number of pyridine rings is 1. The summed E-state index contributed by atoms with van der Waals surface area (Å²) in [5, 5.41) is 6.52. The van der Waals surface area contributed by atoms with E-state index in [2.05, 4.69) is 15.6 Å². The SMILES string of the molecule is O=C(CNC(=O)[C@H]1C[C@H]1c1ccccc1)Nc1cccc2cccnc12. The molecule has 1 heterocycles. The molecule has 1 aliphatic carbocycles. The van der Waals surface area contributed by atoms with E-state index in [-0.39, 0.29) is 30.2 Å². The number of anilines is 1. The highest BCUT2D eigenvalue weighted by Crippen LogP contribution is 2.47. The van der Waals surface area contributed by atoms with Gasteiger partial charge < -0.3 is 10.6 Å². The van der Waals surface area contributed by atoms with Crippen molar-refractivity contribution in [2.45, 2.75) is 12.3 Å². The van der Waals surface area contributed by atoms with E-state index in [4.69, 9.17) is 0 Å². The van der Waals surface area contributed by atoms with Gasteiger partial charge in [0.2, 0.25) is 11.8 Å². The third kappa shape index (κ3) is 3.42. The normalized spacial score (nSPS) is 18.3. The maximum atomic E-state index is 12.3. The van der Waals surface area contributed by atoms with E-state index in [1.165, 1.54) is 5.56 Å². The quantitative estimate of drug-likeness (QED) is 0.746.